The molecular weight excluding hydrogens is 344 g/mol. The van der Waals surface area contributed by atoms with Gasteiger partial charge in [0.15, 0.2) is 11.5 Å². The van der Waals surface area contributed by atoms with Gasteiger partial charge in [-0.2, -0.15) is 0 Å². The fourth-order valence-electron chi connectivity index (χ4n) is 3.48. The van der Waals surface area contributed by atoms with Gasteiger partial charge in [-0.25, -0.2) is 0 Å². The number of carbonyl (C=O) groups is 1. The second-order valence-electron chi connectivity index (χ2n) is 7.17. The van der Waals surface area contributed by atoms with Crippen LogP contribution in [0.2, 0.25) is 0 Å². The van der Waals surface area contributed by atoms with Crippen molar-refractivity contribution in [1.82, 2.24) is 9.80 Å². The maximum atomic E-state index is 12.7. The number of rotatable bonds is 4. The summed E-state index contributed by atoms with van der Waals surface area (Å²) in [5.41, 5.74) is 2.06. The monoisotopic (exact) mass is 368 g/mol. The molecule has 0 bridgehead atoms. The number of hydrogen-bond donors (Lipinski definition) is 0. The lowest BCUT2D eigenvalue weighted by Gasteiger charge is -2.39. The third-order valence-corrected chi connectivity index (χ3v) is 4.84. The molecule has 1 amide bonds. The molecule has 2 heterocycles. The Balaban J connectivity index is 1.61. The molecule has 0 saturated carbocycles. The van der Waals surface area contributed by atoms with Crippen LogP contribution in [0, 0.1) is 0 Å². The van der Waals surface area contributed by atoms with Crippen LogP contribution in [-0.4, -0.2) is 56.2 Å². The number of hydrogen-bond acceptors (Lipinski definition) is 5. The van der Waals surface area contributed by atoms with E-state index in [9.17, 15) is 4.79 Å². The van der Waals surface area contributed by atoms with Crippen molar-refractivity contribution in [3.8, 4) is 11.5 Å². The van der Waals surface area contributed by atoms with Crippen molar-refractivity contribution in [1.29, 1.82) is 0 Å². The summed E-state index contributed by atoms with van der Waals surface area (Å²) < 4.78 is 17.3. The summed E-state index contributed by atoms with van der Waals surface area (Å²) in [6, 6.07) is 15.9. The number of carbonyl (C=O) groups excluding carboxylic acids is 1. The summed E-state index contributed by atoms with van der Waals surface area (Å²) in [5.74, 6) is 1.58. The van der Waals surface area contributed by atoms with Crippen LogP contribution in [0.15, 0.2) is 48.5 Å². The van der Waals surface area contributed by atoms with E-state index in [1.807, 2.05) is 72.4 Å². The minimum Gasteiger partial charge on any atom is -0.454 e. The molecule has 2 aromatic rings. The zero-order chi connectivity index (χ0) is 18.8. The maximum absolute atomic E-state index is 12.7. The van der Waals surface area contributed by atoms with Crippen LogP contribution in [0.25, 0.3) is 0 Å². The molecule has 2 atom stereocenters. The number of amides is 1. The standard InChI is InChI=1S/C21H24N2O4/c1-22(2)13-21(24)23-11-19(15-6-4-3-5-7-15)27-20(12-23)16-8-9-17-18(10-16)26-14-25-17/h3-10,19-20H,11-14H2,1-2H3/t19-,20+/m0/s1. The van der Waals surface area contributed by atoms with Gasteiger partial charge >= 0.3 is 0 Å². The summed E-state index contributed by atoms with van der Waals surface area (Å²) in [5, 5.41) is 0. The van der Waals surface area contributed by atoms with Crippen LogP contribution in [0.4, 0.5) is 0 Å². The molecular formula is C21H24N2O4. The van der Waals surface area contributed by atoms with Gasteiger partial charge in [-0.1, -0.05) is 36.4 Å². The summed E-state index contributed by atoms with van der Waals surface area (Å²) in [7, 11) is 3.81. The van der Waals surface area contributed by atoms with Gasteiger partial charge in [0.2, 0.25) is 12.7 Å². The van der Waals surface area contributed by atoms with Gasteiger partial charge in [-0.3, -0.25) is 4.79 Å². The molecule has 0 aromatic heterocycles. The summed E-state index contributed by atoms with van der Waals surface area (Å²) in [6.45, 7) is 1.70. The molecule has 0 radical (unpaired) electrons. The van der Waals surface area contributed by atoms with E-state index >= 15 is 0 Å². The first kappa shape index (κ1) is 17.8. The number of morpholine rings is 1. The lowest BCUT2D eigenvalue weighted by Crippen LogP contribution is -2.46. The molecule has 0 aliphatic carbocycles. The van der Waals surface area contributed by atoms with Crippen LogP contribution < -0.4 is 9.47 Å². The molecule has 6 nitrogen and oxygen atoms in total. The average Bonchev–Trinajstić information content (AvgIpc) is 3.15. The van der Waals surface area contributed by atoms with E-state index in [-0.39, 0.29) is 24.9 Å². The topological polar surface area (TPSA) is 51.2 Å². The molecule has 0 spiro atoms. The minimum absolute atomic E-state index is 0.106. The largest absolute Gasteiger partial charge is 0.454 e. The predicted molar refractivity (Wildman–Crippen MR) is 101 cm³/mol. The fraction of sp³-hybridized carbons (Fsp3) is 0.381. The Labute approximate surface area is 159 Å². The smallest absolute Gasteiger partial charge is 0.236 e. The molecule has 1 fully saturated rings. The second kappa shape index (κ2) is 7.58. The number of benzene rings is 2. The van der Waals surface area contributed by atoms with Crippen molar-refractivity contribution >= 4 is 5.91 Å². The zero-order valence-electron chi connectivity index (χ0n) is 15.6. The Morgan fingerprint density at radius 3 is 2.44 bits per heavy atom. The van der Waals surface area contributed by atoms with Crippen molar-refractivity contribution < 1.29 is 19.0 Å². The lowest BCUT2D eigenvalue weighted by molar-refractivity contribution is -0.147. The quantitative estimate of drug-likeness (QED) is 0.830. The van der Waals surface area contributed by atoms with Crippen molar-refractivity contribution in [2.75, 3.05) is 40.5 Å². The molecule has 4 rings (SSSR count). The van der Waals surface area contributed by atoms with Crippen LogP contribution >= 0.6 is 0 Å². The Morgan fingerprint density at radius 2 is 1.70 bits per heavy atom. The highest BCUT2D eigenvalue weighted by Crippen LogP contribution is 2.38. The molecule has 142 valence electrons. The normalized spacial score (nSPS) is 21.5. The van der Waals surface area contributed by atoms with Crippen LogP contribution in [0.1, 0.15) is 23.3 Å². The van der Waals surface area contributed by atoms with Gasteiger partial charge in [-0.15, -0.1) is 0 Å². The first-order chi connectivity index (χ1) is 13.1. The highest BCUT2D eigenvalue weighted by Gasteiger charge is 2.33. The average molecular weight is 368 g/mol. The second-order valence-corrected chi connectivity index (χ2v) is 7.17. The number of fused-ring (bicyclic) bond motifs is 1. The van der Waals surface area contributed by atoms with E-state index in [1.165, 1.54) is 0 Å². The van der Waals surface area contributed by atoms with Gasteiger partial charge in [0.1, 0.15) is 12.2 Å². The van der Waals surface area contributed by atoms with E-state index in [4.69, 9.17) is 14.2 Å². The maximum Gasteiger partial charge on any atom is 0.236 e. The summed E-state index contributed by atoms with van der Waals surface area (Å²) in [4.78, 5) is 16.5. The Bertz CT molecular complexity index is 809. The van der Waals surface area contributed by atoms with Gasteiger partial charge in [0.25, 0.3) is 0 Å². The van der Waals surface area contributed by atoms with Crippen LogP contribution in [0.5, 0.6) is 11.5 Å². The lowest BCUT2D eigenvalue weighted by atomic mass is 10.0. The van der Waals surface area contributed by atoms with Crippen LogP contribution in [-0.2, 0) is 9.53 Å². The molecule has 2 aromatic carbocycles. The van der Waals surface area contributed by atoms with E-state index in [1.54, 1.807) is 0 Å². The van der Waals surface area contributed by atoms with Crippen molar-refractivity contribution in [2.24, 2.45) is 0 Å². The molecule has 0 unspecified atom stereocenters. The molecule has 0 N–H and O–H groups in total. The highest BCUT2D eigenvalue weighted by molar-refractivity contribution is 5.78. The molecule has 2 aliphatic heterocycles. The third kappa shape index (κ3) is 3.91. The highest BCUT2D eigenvalue weighted by atomic mass is 16.7. The van der Waals surface area contributed by atoms with Gasteiger partial charge in [-0.05, 0) is 37.4 Å². The predicted octanol–water partition coefficient (Wildman–Crippen LogP) is 2.62. The van der Waals surface area contributed by atoms with Gasteiger partial charge in [0, 0.05) is 0 Å². The number of likely N-dealkylation sites (N-methyl/N-ethyl adjacent to an activating group) is 1. The molecule has 27 heavy (non-hydrogen) atoms. The van der Waals surface area contributed by atoms with Gasteiger partial charge < -0.3 is 24.0 Å². The molecule has 2 aliphatic rings. The van der Waals surface area contributed by atoms with Crippen molar-refractivity contribution in [3.63, 3.8) is 0 Å². The van der Waals surface area contributed by atoms with Crippen molar-refractivity contribution in [3.05, 3.63) is 59.7 Å². The SMILES string of the molecule is CN(C)CC(=O)N1C[C@@H](c2ccccc2)O[C@@H](c2ccc3c(c2)OCO3)C1. The first-order valence-electron chi connectivity index (χ1n) is 9.12. The Morgan fingerprint density at radius 1 is 1.00 bits per heavy atom. The van der Waals surface area contributed by atoms with E-state index in [2.05, 4.69) is 0 Å². The molecule has 1 saturated heterocycles. The first-order valence-corrected chi connectivity index (χ1v) is 9.12. The van der Waals surface area contributed by atoms with E-state index < -0.39 is 0 Å². The molecule has 6 heteroatoms. The minimum atomic E-state index is -0.218. The van der Waals surface area contributed by atoms with Crippen LogP contribution in [0.3, 0.4) is 0 Å². The number of nitrogens with zero attached hydrogens (tertiary/aromatic N) is 2. The number of ether oxygens (including phenoxy) is 3. The zero-order valence-corrected chi connectivity index (χ0v) is 15.6. The Hall–Kier alpha value is -2.57. The summed E-state index contributed by atoms with van der Waals surface area (Å²) >= 11 is 0. The Kier molecular flexibility index (Phi) is 5.01. The summed E-state index contributed by atoms with van der Waals surface area (Å²) in [6.07, 6.45) is -0.383. The third-order valence-electron chi connectivity index (χ3n) is 4.84. The van der Waals surface area contributed by atoms with E-state index in [0.717, 1.165) is 22.6 Å². The van der Waals surface area contributed by atoms with Gasteiger partial charge in [0.05, 0.1) is 19.6 Å². The van der Waals surface area contributed by atoms with Crippen molar-refractivity contribution in [2.45, 2.75) is 12.2 Å². The fourth-order valence-corrected chi connectivity index (χ4v) is 3.48. The van der Waals surface area contributed by atoms with E-state index in [0.29, 0.717) is 19.6 Å².